The topological polar surface area (TPSA) is 27.0 Å². The van der Waals surface area contributed by atoms with Gasteiger partial charge >= 0.3 is 0 Å². The van der Waals surface area contributed by atoms with Crippen LogP contribution in [0.2, 0.25) is 0 Å². The lowest BCUT2D eigenvalue weighted by atomic mass is 10.1. The van der Waals surface area contributed by atoms with Gasteiger partial charge in [0, 0.05) is 0 Å². The predicted molar refractivity (Wildman–Crippen MR) is 54.1 cm³/mol. The van der Waals surface area contributed by atoms with Gasteiger partial charge in [0.05, 0.1) is 9.86 Å². The molecule has 0 spiro atoms. The molecule has 0 fully saturated rings. The van der Waals surface area contributed by atoms with Crippen LogP contribution in [-0.4, -0.2) is 19.0 Å². The van der Waals surface area contributed by atoms with E-state index in [1.807, 2.05) is 30.4 Å². The molecule has 0 aliphatic heterocycles. The van der Waals surface area contributed by atoms with Crippen molar-refractivity contribution in [2.24, 2.45) is 0 Å². The molecular weight excluding hydrogens is 236 g/mol. The molecule has 64 valence electrons. The van der Waals surface area contributed by atoms with Crippen molar-refractivity contribution in [2.45, 2.75) is 6.04 Å². The highest BCUT2D eigenvalue weighted by atomic mass is 79.9. The number of hydrogen-bond donors (Lipinski definition) is 0. The van der Waals surface area contributed by atoms with Crippen molar-refractivity contribution in [1.82, 2.24) is 4.90 Å². The number of thiophene rings is 1. The fourth-order valence-corrected chi connectivity index (χ4v) is 2.15. The molecule has 1 unspecified atom stereocenters. The third-order valence-corrected chi connectivity index (χ3v) is 3.06. The SMILES string of the molecule is CN(C)C(C#N)c1csc(Br)c1. The molecule has 2 nitrogen and oxygen atoms in total. The first-order valence-electron chi connectivity index (χ1n) is 3.45. The summed E-state index contributed by atoms with van der Waals surface area (Å²) < 4.78 is 1.07. The van der Waals surface area contributed by atoms with Crippen molar-refractivity contribution in [3.63, 3.8) is 0 Å². The summed E-state index contributed by atoms with van der Waals surface area (Å²) in [5.41, 5.74) is 1.05. The van der Waals surface area contributed by atoms with Crippen LogP contribution >= 0.6 is 27.3 Å². The number of nitriles is 1. The molecule has 1 heterocycles. The molecule has 0 aromatic carbocycles. The van der Waals surface area contributed by atoms with E-state index in [0.717, 1.165) is 9.35 Å². The summed E-state index contributed by atoms with van der Waals surface area (Å²) in [5.74, 6) is 0. The van der Waals surface area contributed by atoms with Gasteiger partial charge in [-0.15, -0.1) is 11.3 Å². The van der Waals surface area contributed by atoms with Gasteiger partial charge in [-0.05, 0) is 47.0 Å². The van der Waals surface area contributed by atoms with Gasteiger partial charge in [0.25, 0.3) is 0 Å². The highest BCUT2D eigenvalue weighted by Crippen LogP contribution is 2.26. The van der Waals surface area contributed by atoms with Crippen molar-refractivity contribution >= 4 is 27.3 Å². The van der Waals surface area contributed by atoms with E-state index < -0.39 is 0 Å². The number of nitrogens with zero attached hydrogens (tertiary/aromatic N) is 2. The van der Waals surface area contributed by atoms with E-state index in [1.54, 1.807) is 11.3 Å². The monoisotopic (exact) mass is 244 g/mol. The second-order valence-corrected chi connectivity index (χ2v) is 4.97. The van der Waals surface area contributed by atoms with Crippen molar-refractivity contribution in [1.29, 1.82) is 5.26 Å². The standard InChI is InChI=1S/C8H9BrN2S/c1-11(2)7(4-10)6-3-8(9)12-5-6/h3,5,7H,1-2H3. The minimum Gasteiger partial charge on any atom is -0.290 e. The second kappa shape index (κ2) is 4.04. The Morgan fingerprint density at radius 3 is 2.67 bits per heavy atom. The quantitative estimate of drug-likeness (QED) is 0.800. The van der Waals surface area contributed by atoms with Crippen LogP contribution in [0.3, 0.4) is 0 Å². The van der Waals surface area contributed by atoms with Gasteiger partial charge in [-0.2, -0.15) is 5.26 Å². The molecule has 1 aromatic heterocycles. The van der Waals surface area contributed by atoms with Crippen LogP contribution in [0, 0.1) is 11.3 Å². The molecule has 1 rings (SSSR count). The molecule has 0 N–H and O–H groups in total. The molecule has 1 aromatic rings. The molecule has 0 saturated carbocycles. The normalized spacial score (nSPS) is 12.9. The van der Waals surface area contributed by atoms with Crippen LogP contribution in [0.25, 0.3) is 0 Å². The molecular formula is C8H9BrN2S. The Balaban J connectivity index is 2.89. The summed E-state index contributed by atoms with van der Waals surface area (Å²) >= 11 is 4.97. The van der Waals surface area contributed by atoms with Gasteiger partial charge in [0.1, 0.15) is 6.04 Å². The lowest BCUT2D eigenvalue weighted by molar-refractivity contribution is 0.359. The summed E-state index contributed by atoms with van der Waals surface area (Å²) in [6, 6.07) is 4.10. The first-order valence-corrected chi connectivity index (χ1v) is 5.12. The molecule has 0 bridgehead atoms. The molecule has 0 amide bonds. The zero-order valence-corrected chi connectivity index (χ0v) is 9.32. The van der Waals surface area contributed by atoms with Gasteiger partial charge in [-0.1, -0.05) is 0 Å². The van der Waals surface area contributed by atoms with E-state index in [9.17, 15) is 0 Å². The predicted octanol–water partition coefficient (Wildman–Crippen LogP) is 2.64. The highest BCUT2D eigenvalue weighted by Gasteiger charge is 2.13. The molecule has 0 saturated heterocycles. The zero-order valence-electron chi connectivity index (χ0n) is 6.91. The Bertz CT molecular complexity index is 300. The zero-order chi connectivity index (χ0) is 9.14. The number of hydrogen-bond acceptors (Lipinski definition) is 3. The summed E-state index contributed by atoms with van der Waals surface area (Å²) in [6.07, 6.45) is 0. The fraction of sp³-hybridized carbons (Fsp3) is 0.375. The Kier molecular flexibility index (Phi) is 3.27. The fourth-order valence-electron chi connectivity index (χ4n) is 0.955. The third kappa shape index (κ3) is 2.07. The minimum absolute atomic E-state index is 0.132. The first-order chi connectivity index (χ1) is 5.65. The number of rotatable bonds is 2. The van der Waals surface area contributed by atoms with E-state index >= 15 is 0 Å². The van der Waals surface area contributed by atoms with Crippen molar-refractivity contribution in [2.75, 3.05) is 14.1 Å². The Morgan fingerprint density at radius 2 is 2.33 bits per heavy atom. The number of halogens is 1. The Labute approximate surface area is 84.6 Å². The van der Waals surface area contributed by atoms with Crippen molar-refractivity contribution in [3.8, 4) is 6.07 Å². The van der Waals surface area contributed by atoms with Crippen LogP contribution in [0.5, 0.6) is 0 Å². The average molecular weight is 245 g/mol. The van der Waals surface area contributed by atoms with Gasteiger partial charge in [0.2, 0.25) is 0 Å². The Morgan fingerprint density at radius 1 is 1.67 bits per heavy atom. The van der Waals surface area contributed by atoms with Crippen LogP contribution in [0.1, 0.15) is 11.6 Å². The summed E-state index contributed by atoms with van der Waals surface area (Å²) in [5, 5.41) is 10.9. The summed E-state index contributed by atoms with van der Waals surface area (Å²) in [7, 11) is 3.80. The molecule has 0 aliphatic carbocycles. The van der Waals surface area contributed by atoms with Crippen LogP contribution in [-0.2, 0) is 0 Å². The van der Waals surface area contributed by atoms with Gasteiger partial charge < -0.3 is 0 Å². The Hall–Kier alpha value is -0.370. The maximum atomic E-state index is 8.86. The maximum absolute atomic E-state index is 8.86. The van der Waals surface area contributed by atoms with Crippen LogP contribution < -0.4 is 0 Å². The van der Waals surface area contributed by atoms with E-state index in [4.69, 9.17) is 5.26 Å². The second-order valence-electron chi connectivity index (χ2n) is 2.68. The lowest BCUT2D eigenvalue weighted by Crippen LogP contribution is -2.17. The third-order valence-electron chi connectivity index (χ3n) is 1.54. The van der Waals surface area contributed by atoms with Gasteiger partial charge in [0.15, 0.2) is 0 Å². The van der Waals surface area contributed by atoms with Gasteiger partial charge in [-0.25, -0.2) is 0 Å². The maximum Gasteiger partial charge on any atom is 0.124 e. The molecule has 12 heavy (non-hydrogen) atoms. The van der Waals surface area contributed by atoms with Crippen molar-refractivity contribution in [3.05, 3.63) is 20.8 Å². The van der Waals surface area contributed by atoms with Crippen LogP contribution in [0.4, 0.5) is 0 Å². The van der Waals surface area contributed by atoms with Gasteiger partial charge in [-0.3, -0.25) is 4.90 Å². The summed E-state index contributed by atoms with van der Waals surface area (Å²) in [6.45, 7) is 0. The smallest absolute Gasteiger partial charge is 0.124 e. The minimum atomic E-state index is -0.132. The molecule has 0 radical (unpaired) electrons. The largest absolute Gasteiger partial charge is 0.290 e. The average Bonchev–Trinajstić information content (AvgIpc) is 2.37. The molecule has 4 heteroatoms. The first kappa shape index (κ1) is 9.72. The van der Waals surface area contributed by atoms with E-state index in [1.165, 1.54) is 0 Å². The van der Waals surface area contributed by atoms with Crippen LogP contribution in [0.15, 0.2) is 15.2 Å². The lowest BCUT2D eigenvalue weighted by Gasteiger charge is -2.15. The summed E-state index contributed by atoms with van der Waals surface area (Å²) in [4.78, 5) is 1.90. The molecule has 0 aliphatic rings. The highest BCUT2D eigenvalue weighted by molar-refractivity contribution is 9.11. The van der Waals surface area contributed by atoms with Crippen molar-refractivity contribution < 1.29 is 0 Å². The molecule has 1 atom stereocenters. The van der Waals surface area contributed by atoms with E-state index in [-0.39, 0.29) is 6.04 Å². The van der Waals surface area contributed by atoms with E-state index in [2.05, 4.69) is 22.0 Å². The van der Waals surface area contributed by atoms with E-state index in [0.29, 0.717) is 0 Å².